The van der Waals surface area contributed by atoms with Gasteiger partial charge in [-0.2, -0.15) is 0 Å². The molecule has 0 saturated carbocycles. The number of ether oxygens (including phenoxy) is 1. The van der Waals surface area contributed by atoms with Gasteiger partial charge in [0.2, 0.25) is 5.91 Å². The summed E-state index contributed by atoms with van der Waals surface area (Å²) in [6, 6.07) is 10.4. The third kappa shape index (κ3) is 6.06. The van der Waals surface area contributed by atoms with Crippen molar-refractivity contribution in [1.82, 2.24) is 0 Å². The molecule has 27 heavy (non-hydrogen) atoms. The number of amides is 1. The summed E-state index contributed by atoms with van der Waals surface area (Å²) in [6.45, 7) is 6.41. The Morgan fingerprint density at radius 1 is 1.26 bits per heavy atom. The number of halogens is 1. The molecule has 2 rings (SSSR count). The van der Waals surface area contributed by atoms with Crippen LogP contribution >= 0.6 is 15.9 Å². The van der Waals surface area contributed by atoms with E-state index in [-0.39, 0.29) is 11.6 Å². The number of hydrogen-bond acceptors (Lipinski definition) is 4. The molecule has 0 aliphatic rings. The normalized spacial score (nSPS) is 10.7. The monoisotopic (exact) mass is 434 g/mol. The first-order valence-electron chi connectivity index (χ1n) is 8.75. The Morgan fingerprint density at radius 3 is 2.59 bits per heavy atom. The number of carbonyl (C=O) groups excluding carboxylic acids is 1. The van der Waals surface area contributed by atoms with Gasteiger partial charge in [-0.05, 0) is 64.5 Å². The van der Waals surface area contributed by atoms with Crippen LogP contribution in [0.5, 0.6) is 5.75 Å². The van der Waals surface area contributed by atoms with Crippen LogP contribution in [0.3, 0.4) is 0 Å². The highest BCUT2D eigenvalue weighted by Crippen LogP contribution is 2.29. The molecule has 0 aliphatic heterocycles. The summed E-state index contributed by atoms with van der Waals surface area (Å²) >= 11 is 3.51. The van der Waals surface area contributed by atoms with Gasteiger partial charge in [-0.3, -0.25) is 14.9 Å². The maximum atomic E-state index is 12.1. The summed E-state index contributed by atoms with van der Waals surface area (Å²) in [6.07, 6.45) is 0.869. The topological polar surface area (TPSA) is 81.5 Å². The molecular formula is C20H23BrN2O4. The molecule has 0 spiro atoms. The number of non-ortho nitro benzene ring substituents is 1. The van der Waals surface area contributed by atoms with Crippen LogP contribution in [0.15, 0.2) is 40.9 Å². The van der Waals surface area contributed by atoms with E-state index in [2.05, 4.69) is 35.1 Å². The summed E-state index contributed by atoms with van der Waals surface area (Å²) in [4.78, 5) is 22.4. The lowest BCUT2D eigenvalue weighted by Crippen LogP contribution is -2.13. The van der Waals surface area contributed by atoms with Gasteiger partial charge in [0.15, 0.2) is 0 Å². The predicted octanol–water partition coefficient (Wildman–Crippen LogP) is 5.59. The molecule has 0 aromatic heterocycles. The van der Waals surface area contributed by atoms with Gasteiger partial charge >= 0.3 is 0 Å². The van der Waals surface area contributed by atoms with Crippen molar-refractivity contribution in [2.24, 2.45) is 0 Å². The van der Waals surface area contributed by atoms with Gasteiger partial charge in [0.05, 0.1) is 16.0 Å². The Labute approximate surface area is 167 Å². The van der Waals surface area contributed by atoms with Crippen LogP contribution in [-0.4, -0.2) is 17.4 Å². The zero-order valence-corrected chi connectivity index (χ0v) is 17.2. The van der Waals surface area contributed by atoms with Crippen molar-refractivity contribution in [3.05, 3.63) is 62.1 Å². The van der Waals surface area contributed by atoms with Gasteiger partial charge in [-0.1, -0.05) is 19.9 Å². The Kier molecular flexibility index (Phi) is 7.36. The highest BCUT2D eigenvalue weighted by Gasteiger charge is 2.11. The molecule has 0 atom stereocenters. The third-order valence-electron chi connectivity index (χ3n) is 4.12. The van der Waals surface area contributed by atoms with Crippen LogP contribution in [0.2, 0.25) is 0 Å². The molecule has 0 fully saturated rings. The molecule has 0 heterocycles. The zero-order chi connectivity index (χ0) is 20.0. The molecule has 144 valence electrons. The summed E-state index contributed by atoms with van der Waals surface area (Å²) in [5.41, 5.74) is 2.47. The van der Waals surface area contributed by atoms with E-state index < -0.39 is 4.92 Å². The van der Waals surface area contributed by atoms with E-state index in [0.717, 1.165) is 10.2 Å². The van der Waals surface area contributed by atoms with Crippen molar-refractivity contribution in [2.45, 2.75) is 39.5 Å². The average Bonchev–Trinajstić information content (AvgIpc) is 2.61. The van der Waals surface area contributed by atoms with Crippen molar-refractivity contribution in [2.75, 3.05) is 11.9 Å². The number of benzene rings is 2. The highest BCUT2D eigenvalue weighted by molar-refractivity contribution is 9.10. The van der Waals surface area contributed by atoms with Crippen molar-refractivity contribution >= 4 is 33.2 Å². The Balaban J connectivity index is 1.80. The second-order valence-corrected chi connectivity index (χ2v) is 7.46. The highest BCUT2D eigenvalue weighted by atomic mass is 79.9. The molecule has 2 aromatic rings. The molecule has 0 aliphatic carbocycles. The number of nitro benzene ring substituents is 1. The van der Waals surface area contributed by atoms with Gasteiger partial charge in [0.25, 0.3) is 5.69 Å². The minimum absolute atomic E-state index is 0.00737. The summed E-state index contributed by atoms with van der Waals surface area (Å²) in [7, 11) is 0. The lowest BCUT2D eigenvalue weighted by Gasteiger charge is -2.12. The van der Waals surface area contributed by atoms with Crippen molar-refractivity contribution in [3.8, 4) is 5.75 Å². The lowest BCUT2D eigenvalue weighted by molar-refractivity contribution is -0.384. The maximum absolute atomic E-state index is 12.1. The maximum Gasteiger partial charge on any atom is 0.269 e. The fourth-order valence-corrected chi connectivity index (χ4v) is 3.03. The van der Waals surface area contributed by atoms with E-state index in [0.29, 0.717) is 36.6 Å². The Hall–Kier alpha value is -2.41. The van der Waals surface area contributed by atoms with Gasteiger partial charge in [0, 0.05) is 24.2 Å². The number of nitrogens with zero attached hydrogens (tertiary/aromatic N) is 1. The minimum atomic E-state index is -0.457. The molecule has 0 bridgehead atoms. The molecular weight excluding hydrogens is 412 g/mol. The van der Waals surface area contributed by atoms with Gasteiger partial charge < -0.3 is 10.1 Å². The van der Waals surface area contributed by atoms with Gasteiger partial charge in [-0.15, -0.1) is 0 Å². The third-order valence-corrected chi connectivity index (χ3v) is 4.74. The minimum Gasteiger partial charge on any atom is -0.492 e. The number of aryl methyl sites for hydroxylation is 1. The smallest absolute Gasteiger partial charge is 0.269 e. The number of carbonyl (C=O) groups is 1. The van der Waals surface area contributed by atoms with E-state index in [1.807, 2.05) is 18.2 Å². The first-order chi connectivity index (χ1) is 12.8. The van der Waals surface area contributed by atoms with Crippen LogP contribution in [0.4, 0.5) is 11.4 Å². The van der Waals surface area contributed by atoms with Crippen LogP contribution in [0.25, 0.3) is 0 Å². The van der Waals surface area contributed by atoms with Crippen molar-refractivity contribution in [1.29, 1.82) is 0 Å². The number of hydrogen-bond donors (Lipinski definition) is 1. The molecule has 2 aromatic carbocycles. The van der Waals surface area contributed by atoms with Crippen molar-refractivity contribution < 1.29 is 14.5 Å². The summed E-state index contributed by atoms with van der Waals surface area (Å²) in [5.74, 6) is 1.05. The first kappa shape index (κ1) is 20.9. The van der Waals surface area contributed by atoms with Gasteiger partial charge in [-0.25, -0.2) is 0 Å². The van der Waals surface area contributed by atoms with Crippen LogP contribution < -0.4 is 10.1 Å². The van der Waals surface area contributed by atoms with Crippen molar-refractivity contribution in [3.63, 3.8) is 0 Å². The Morgan fingerprint density at radius 2 is 2.00 bits per heavy atom. The molecule has 7 heteroatoms. The zero-order valence-electron chi connectivity index (χ0n) is 15.6. The molecule has 0 radical (unpaired) electrons. The van der Waals surface area contributed by atoms with Crippen LogP contribution in [0.1, 0.15) is 43.7 Å². The van der Waals surface area contributed by atoms with E-state index in [1.54, 1.807) is 13.0 Å². The first-order valence-corrected chi connectivity index (χ1v) is 9.54. The largest absolute Gasteiger partial charge is 0.492 e. The predicted molar refractivity (Wildman–Crippen MR) is 109 cm³/mol. The quantitative estimate of drug-likeness (QED) is 0.333. The number of rotatable bonds is 8. The second kappa shape index (κ2) is 9.50. The second-order valence-electron chi connectivity index (χ2n) is 6.60. The lowest BCUT2D eigenvalue weighted by atomic mass is 10.0. The fraction of sp³-hybridized carbons (Fsp3) is 0.350. The van der Waals surface area contributed by atoms with E-state index in [1.165, 1.54) is 17.7 Å². The average molecular weight is 435 g/mol. The molecule has 0 saturated heterocycles. The number of anilines is 1. The number of nitrogens with one attached hydrogen (secondary N) is 1. The molecule has 1 amide bonds. The van der Waals surface area contributed by atoms with E-state index in [4.69, 9.17) is 4.74 Å². The van der Waals surface area contributed by atoms with Crippen LogP contribution in [-0.2, 0) is 4.79 Å². The fourth-order valence-electron chi connectivity index (χ4n) is 2.52. The van der Waals surface area contributed by atoms with E-state index in [9.17, 15) is 14.9 Å². The molecule has 6 nitrogen and oxygen atoms in total. The van der Waals surface area contributed by atoms with E-state index >= 15 is 0 Å². The van der Waals surface area contributed by atoms with Gasteiger partial charge in [0.1, 0.15) is 5.75 Å². The van der Waals surface area contributed by atoms with Crippen LogP contribution in [0, 0.1) is 17.0 Å². The molecule has 1 N–H and O–H groups in total. The molecule has 0 unspecified atom stereocenters. The SMILES string of the molecule is Cc1cc([N+](=O)[O-])ccc1NC(=O)CCCOc1ccc(C(C)C)cc1Br. The summed E-state index contributed by atoms with van der Waals surface area (Å²) < 4.78 is 6.64. The summed E-state index contributed by atoms with van der Waals surface area (Å²) in [5, 5.41) is 13.5. The standard InChI is InChI=1S/C20H23BrN2O4/c1-13(2)15-6-9-19(17(21)12-15)27-10-4-5-20(24)22-18-8-7-16(23(25)26)11-14(18)3/h6-9,11-13H,4-5,10H2,1-3H3,(H,22,24). The number of nitro groups is 1. The Bertz CT molecular complexity index is 837.